The van der Waals surface area contributed by atoms with E-state index in [4.69, 9.17) is 0 Å². The quantitative estimate of drug-likeness (QED) is 0.263. The molecule has 0 aliphatic heterocycles. The molecule has 1 atom stereocenters. The third-order valence-electron chi connectivity index (χ3n) is 6.01. The summed E-state index contributed by atoms with van der Waals surface area (Å²) in [7, 11) is 0. The highest BCUT2D eigenvalue weighted by atomic mass is 32.2. The first-order valence-electron chi connectivity index (χ1n) is 11.8. The average molecular weight is 546 g/mol. The number of imidazole rings is 1. The zero-order chi connectivity index (χ0) is 27.0. The Labute approximate surface area is 219 Å². The SMILES string of the molecule is Cc1cc(-c2cnc3c(NCC(O)C(F)(F)F)cc(Sc4cccc(F)c4)nn23)ccc1C(=O)NC1CC1. The number of amides is 1. The van der Waals surface area contributed by atoms with Crippen LogP contribution >= 0.6 is 11.8 Å². The van der Waals surface area contributed by atoms with Gasteiger partial charge in [0.1, 0.15) is 10.8 Å². The molecule has 2 aromatic carbocycles. The summed E-state index contributed by atoms with van der Waals surface area (Å²) in [4.78, 5) is 17.4. The Morgan fingerprint density at radius 1 is 1.21 bits per heavy atom. The van der Waals surface area contributed by atoms with Crippen LogP contribution in [0.5, 0.6) is 0 Å². The summed E-state index contributed by atoms with van der Waals surface area (Å²) in [6.45, 7) is 1.03. The number of carbonyl (C=O) groups excluding carboxylic acids is 1. The summed E-state index contributed by atoms with van der Waals surface area (Å²) >= 11 is 1.12. The number of aliphatic hydroxyl groups is 1. The maximum atomic E-state index is 13.7. The van der Waals surface area contributed by atoms with Crippen LogP contribution in [0, 0.1) is 12.7 Å². The second kappa shape index (κ2) is 10.3. The Morgan fingerprint density at radius 2 is 2.00 bits per heavy atom. The molecule has 1 saturated carbocycles. The molecule has 0 bridgehead atoms. The third kappa shape index (κ3) is 5.76. The van der Waals surface area contributed by atoms with E-state index in [1.807, 2.05) is 13.0 Å². The molecule has 1 aliphatic carbocycles. The maximum absolute atomic E-state index is 13.7. The first kappa shape index (κ1) is 26.0. The van der Waals surface area contributed by atoms with E-state index in [2.05, 4.69) is 20.7 Å². The zero-order valence-corrected chi connectivity index (χ0v) is 20.9. The van der Waals surface area contributed by atoms with E-state index in [1.165, 1.54) is 28.9 Å². The molecule has 1 unspecified atom stereocenters. The van der Waals surface area contributed by atoms with E-state index < -0.39 is 24.6 Å². The number of rotatable bonds is 8. The van der Waals surface area contributed by atoms with E-state index in [0.29, 0.717) is 26.7 Å². The summed E-state index contributed by atoms with van der Waals surface area (Å²) in [5, 5.41) is 20.0. The van der Waals surface area contributed by atoms with Gasteiger partial charge >= 0.3 is 6.18 Å². The Kier molecular flexibility index (Phi) is 7.01. The van der Waals surface area contributed by atoms with Crippen LogP contribution in [0.2, 0.25) is 0 Å². The van der Waals surface area contributed by atoms with Gasteiger partial charge < -0.3 is 15.7 Å². The molecular weight excluding hydrogens is 522 g/mol. The number of nitrogens with zero attached hydrogens (tertiary/aromatic N) is 3. The number of carbonyl (C=O) groups is 1. The fourth-order valence-electron chi connectivity index (χ4n) is 3.87. The molecule has 198 valence electrons. The smallest absolute Gasteiger partial charge is 0.382 e. The molecule has 4 aromatic rings. The van der Waals surface area contributed by atoms with Crippen molar-refractivity contribution >= 4 is 29.0 Å². The van der Waals surface area contributed by atoms with Crippen molar-refractivity contribution in [3.8, 4) is 11.3 Å². The predicted octanol–water partition coefficient (Wildman–Crippen LogP) is 5.22. The van der Waals surface area contributed by atoms with Crippen LogP contribution in [-0.4, -0.2) is 50.5 Å². The van der Waals surface area contributed by atoms with Crippen LogP contribution in [0.4, 0.5) is 23.2 Å². The lowest BCUT2D eigenvalue weighted by Gasteiger charge is -2.16. The second-order valence-electron chi connectivity index (χ2n) is 9.05. The molecule has 0 saturated heterocycles. The summed E-state index contributed by atoms with van der Waals surface area (Å²) in [6.07, 6.45) is -3.89. The summed E-state index contributed by atoms with van der Waals surface area (Å²) in [6, 6.07) is 12.9. The van der Waals surface area contributed by atoms with Gasteiger partial charge in [-0.1, -0.05) is 23.9 Å². The zero-order valence-electron chi connectivity index (χ0n) is 20.1. The van der Waals surface area contributed by atoms with Gasteiger partial charge in [-0.3, -0.25) is 4.79 Å². The Morgan fingerprint density at radius 3 is 2.68 bits per heavy atom. The molecule has 0 spiro atoms. The van der Waals surface area contributed by atoms with Crippen LogP contribution in [0.3, 0.4) is 0 Å². The Balaban J connectivity index is 1.52. The van der Waals surface area contributed by atoms with E-state index in [-0.39, 0.29) is 23.3 Å². The number of aliphatic hydroxyl groups excluding tert-OH is 1. The molecule has 3 N–H and O–H groups in total. The molecule has 5 rings (SSSR count). The van der Waals surface area contributed by atoms with E-state index in [0.717, 1.165) is 30.2 Å². The first-order valence-corrected chi connectivity index (χ1v) is 12.6. The van der Waals surface area contributed by atoms with Crippen LogP contribution in [-0.2, 0) is 0 Å². The molecule has 38 heavy (non-hydrogen) atoms. The van der Waals surface area contributed by atoms with Crippen molar-refractivity contribution in [1.29, 1.82) is 0 Å². The topological polar surface area (TPSA) is 91.6 Å². The third-order valence-corrected chi connectivity index (χ3v) is 6.91. The monoisotopic (exact) mass is 545 g/mol. The molecular formula is C26H23F4N5O2S. The standard InChI is InChI=1S/C26H23F4N5O2S/c1-14-9-15(5-8-19(14)25(37)33-17-6-7-17)21-12-32-24-20(31-13-22(36)26(28,29)30)11-23(34-35(21)24)38-18-4-2-3-16(27)10-18/h2-5,8-12,17,22,31,36H,6-7,13H2,1H3,(H,33,37). The highest BCUT2D eigenvalue weighted by molar-refractivity contribution is 7.99. The van der Waals surface area contributed by atoms with Gasteiger partial charge in [-0.05, 0) is 61.7 Å². The number of fused-ring (bicyclic) bond motifs is 1. The van der Waals surface area contributed by atoms with Crippen molar-refractivity contribution in [2.75, 3.05) is 11.9 Å². The highest BCUT2D eigenvalue weighted by Crippen LogP contribution is 2.33. The summed E-state index contributed by atoms with van der Waals surface area (Å²) in [5.74, 6) is -0.580. The van der Waals surface area contributed by atoms with Crippen molar-refractivity contribution in [2.24, 2.45) is 0 Å². The lowest BCUT2D eigenvalue weighted by atomic mass is 10.0. The fourth-order valence-corrected chi connectivity index (χ4v) is 4.72. The second-order valence-corrected chi connectivity index (χ2v) is 10.1. The van der Waals surface area contributed by atoms with Gasteiger partial charge in [-0.15, -0.1) is 0 Å². The maximum Gasteiger partial charge on any atom is 0.416 e. The van der Waals surface area contributed by atoms with Crippen LogP contribution in [0.1, 0.15) is 28.8 Å². The molecule has 2 aromatic heterocycles. The Hall–Kier alpha value is -3.64. The molecule has 12 heteroatoms. The molecule has 1 fully saturated rings. The number of alkyl halides is 3. The average Bonchev–Trinajstić information content (AvgIpc) is 3.56. The number of benzene rings is 2. The van der Waals surface area contributed by atoms with Gasteiger partial charge in [0.2, 0.25) is 0 Å². The minimum atomic E-state index is -4.79. The number of nitrogens with one attached hydrogen (secondary N) is 2. The van der Waals surface area contributed by atoms with Crippen molar-refractivity contribution in [1.82, 2.24) is 19.9 Å². The molecule has 2 heterocycles. The van der Waals surface area contributed by atoms with E-state index in [9.17, 15) is 27.5 Å². The van der Waals surface area contributed by atoms with Crippen molar-refractivity contribution in [2.45, 2.75) is 48.0 Å². The van der Waals surface area contributed by atoms with Crippen molar-refractivity contribution in [3.05, 3.63) is 71.7 Å². The van der Waals surface area contributed by atoms with Gasteiger partial charge in [0.25, 0.3) is 5.91 Å². The van der Waals surface area contributed by atoms with Crippen LogP contribution < -0.4 is 10.6 Å². The number of halogens is 4. The number of anilines is 1. The minimum absolute atomic E-state index is 0.142. The van der Waals surface area contributed by atoms with Gasteiger partial charge in [-0.25, -0.2) is 13.9 Å². The summed E-state index contributed by atoms with van der Waals surface area (Å²) in [5.41, 5.74) is 2.98. The fraction of sp³-hybridized carbons (Fsp3) is 0.269. The van der Waals surface area contributed by atoms with E-state index >= 15 is 0 Å². The number of hydrogen-bond acceptors (Lipinski definition) is 6. The molecule has 1 amide bonds. The number of hydrogen-bond donors (Lipinski definition) is 3. The van der Waals surface area contributed by atoms with Crippen molar-refractivity contribution < 1.29 is 27.5 Å². The van der Waals surface area contributed by atoms with Gasteiger partial charge in [0.05, 0.1) is 17.6 Å². The minimum Gasteiger partial charge on any atom is -0.382 e. The summed E-state index contributed by atoms with van der Waals surface area (Å²) < 4.78 is 53.9. The highest BCUT2D eigenvalue weighted by Gasteiger charge is 2.38. The number of aryl methyl sites for hydroxylation is 1. The largest absolute Gasteiger partial charge is 0.416 e. The van der Waals surface area contributed by atoms with Crippen LogP contribution in [0.15, 0.2) is 64.6 Å². The first-order chi connectivity index (χ1) is 18.1. The number of aromatic nitrogens is 3. The predicted molar refractivity (Wildman–Crippen MR) is 135 cm³/mol. The normalized spacial score (nSPS) is 14.5. The molecule has 1 aliphatic rings. The molecule has 7 nitrogen and oxygen atoms in total. The molecule has 0 radical (unpaired) electrons. The van der Waals surface area contributed by atoms with Gasteiger partial charge in [-0.2, -0.15) is 18.3 Å². The lowest BCUT2D eigenvalue weighted by molar-refractivity contribution is -0.198. The van der Waals surface area contributed by atoms with E-state index in [1.54, 1.807) is 24.3 Å². The van der Waals surface area contributed by atoms with Gasteiger partial charge in [0, 0.05) is 28.6 Å². The lowest BCUT2D eigenvalue weighted by Crippen LogP contribution is -2.35. The van der Waals surface area contributed by atoms with Crippen molar-refractivity contribution in [3.63, 3.8) is 0 Å². The van der Waals surface area contributed by atoms with Gasteiger partial charge in [0.15, 0.2) is 11.8 Å². The van der Waals surface area contributed by atoms with Crippen LogP contribution in [0.25, 0.3) is 16.9 Å². The Bertz CT molecular complexity index is 1500.